The lowest BCUT2D eigenvalue weighted by Crippen LogP contribution is -2.31. The second kappa shape index (κ2) is 7.46. The number of imidazole rings is 1. The van der Waals surface area contributed by atoms with Gasteiger partial charge in [0, 0.05) is 12.1 Å². The molecule has 0 spiro atoms. The second-order valence-electron chi connectivity index (χ2n) is 7.38. The second-order valence-corrected chi connectivity index (χ2v) is 7.38. The summed E-state index contributed by atoms with van der Waals surface area (Å²) >= 11 is 0. The van der Waals surface area contributed by atoms with E-state index in [9.17, 15) is 4.79 Å². The normalized spacial score (nSPS) is 15.1. The molecule has 0 fully saturated rings. The summed E-state index contributed by atoms with van der Waals surface area (Å²) in [5.41, 5.74) is 4.02. The van der Waals surface area contributed by atoms with E-state index < -0.39 is 0 Å². The van der Waals surface area contributed by atoms with Gasteiger partial charge in [-0.05, 0) is 30.5 Å². The van der Waals surface area contributed by atoms with Crippen LogP contribution in [0.15, 0.2) is 53.7 Å². The molecule has 28 heavy (non-hydrogen) atoms. The maximum Gasteiger partial charge on any atom is 0.281 e. The topological polar surface area (TPSA) is 59.7 Å². The molecule has 6 nitrogen and oxygen atoms in total. The molecule has 3 aromatic rings. The average molecular weight is 376 g/mol. The van der Waals surface area contributed by atoms with E-state index in [2.05, 4.69) is 29.6 Å². The third-order valence-corrected chi connectivity index (χ3v) is 5.04. The van der Waals surface area contributed by atoms with Crippen molar-refractivity contribution in [3.8, 4) is 0 Å². The molecule has 1 aromatic heterocycles. The van der Waals surface area contributed by atoms with Gasteiger partial charge in [0.05, 0.1) is 23.3 Å². The Kier molecular flexibility index (Phi) is 4.86. The number of anilines is 1. The van der Waals surface area contributed by atoms with Crippen LogP contribution in [-0.2, 0) is 22.7 Å². The Morgan fingerprint density at radius 2 is 1.86 bits per heavy atom. The number of aryl methyl sites for hydroxylation is 1. The summed E-state index contributed by atoms with van der Waals surface area (Å²) in [5.74, 6) is 1.30. The summed E-state index contributed by atoms with van der Waals surface area (Å²) in [6, 6.07) is 15.8. The van der Waals surface area contributed by atoms with Crippen molar-refractivity contribution in [3.05, 3.63) is 59.9 Å². The lowest BCUT2D eigenvalue weighted by Gasteiger charge is -2.18. The fraction of sp³-hybridized carbons (Fsp3) is 0.318. The molecule has 0 radical (unpaired) electrons. The van der Waals surface area contributed by atoms with Crippen LogP contribution in [0.2, 0.25) is 0 Å². The number of nitrogens with zero attached hydrogens (tertiary/aromatic N) is 4. The smallest absolute Gasteiger partial charge is 0.281 e. The van der Waals surface area contributed by atoms with Gasteiger partial charge in [0.15, 0.2) is 5.71 Å². The lowest BCUT2D eigenvalue weighted by atomic mass is 10.1. The minimum Gasteiger partial charge on any atom is -0.398 e. The SMILES string of the molecule is CO/N=C1\C(=O)N(Cc2nc3ccccc3n2CCC(C)C)c2ccccc21. The molecule has 0 bridgehead atoms. The van der Waals surface area contributed by atoms with Crippen LogP contribution in [0.5, 0.6) is 0 Å². The van der Waals surface area contributed by atoms with Gasteiger partial charge in [0.25, 0.3) is 5.91 Å². The van der Waals surface area contributed by atoms with Crippen LogP contribution in [-0.4, -0.2) is 28.3 Å². The number of carbonyl (C=O) groups is 1. The molecule has 0 atom stereocenters. The number of oxime groups is 1. The highest BCUT2D eigenvalue weighted by Gasteiger charge is 2.35. The van der Waals surface area contributed by atoms with Gasteiger partial charge >= 0.3 is 0 Å². The van der Waals surface area contributed by atoms with Gasteiger partial charge < -0.3 is 9.40 Å². The number of benzene rings is 2. The van der Waals surface area contributed by atoms with Gasteiger partial charge in [-0.15, -0.1) is 0 Å². The standard InChI is InChI=1S/C22H24N4O2/c1-15(2)12-13-25-19-11-7-5-9-17(19)23-20(25)14-26-18-10-6-4-8-16(18)21(22(26)27)24-28-3/h4-11,15H,12-14H2,1-3H3/b24-21-. The van der Waals surface area contributed by atoms with Crippen molar-refractivity contribution < 1.29 is 9.63 Å². The van der Waals surface area contributed by atoms with E-state index >= 15 is 0 Å². The first-order chi connectivity index (χ1) is 13.6. The molecule has 144 valence electrons. The first kappa shape index (κ1) is 18.2. The first-order valence-corrected chi connectivity index (χ1v) is 9.56. The van der Waals surface area contributed by atoms with E-state index in [4.69, 9.17) is 9.82 Å². The Hall–Kier alpha value is -3.15. The summed E-state index contributed by atoms with van der Waals surface area (Å²) in [6.45, 7) is 5.70. The Morgan fingerprint density at radius 3 is 2.64 bits per heavy atom. The molecular formula is C22H24N4O2. The maximum absolute atomic E-state index is 13.0. The monoisotopic (exact) mass is 376 g/mol. The van der Waals surface area contributed by atoms with E-state index in [0.717, 1.165) is 41.1 Å². The predicted octanol–water partition coefficient (Wildman–Crippen LogP) is 3.98. The van der Waals surface area contributed by atoms with Gasteiger partial charge in [0.1, 0.15) is 12.9 Å². The largest absolute Gasteiger partial charge is 0.398 e. The van der Waals surface area contributed by atoms with Gasteiger partial charge in [-0.3, -0.25) is 9.69 Å². The summed E-state index contributed by atoms with van der Waals surface area (Å²) in [7, 11) is 1.46. The van der Waals surface area contributed by atoms with Crippen LogP contribution < -0.4 is 4.90 Å². The summed E-state index contributed by atoms with van der Waals surface area (Å²) in [4.78, 5) is 24.5. The van der Waals surface area contributed by atoms with Crippen LogP contribution >= 0.6 is 0 Å². The molecule has 0 unspecified atom stereocenters. The quantitative estimate of drug-likeness (QED) is 0.612. The molecule has 1 amide bonds. The fourth-order valence-corrected chi connectivity index (χ4v) is 3.62. The van der Waals surface area contributed by atoms with Crippen molar-refractivity contribution in [1.29, 1.82) is 0 Å². The number of para-hydroxylation sites is 3. The molecule has 0 N–H and O–H groups in total. The molecule has 2 heterocycles. The Morgan fingerprint density at radius 1 is 1.11 bits per heavy atom. The van der Waals surface area contributed by atoms with Crippen molar-refractivity contribution in [3.63, 3.8) is 0 Å². The van der Waals surface area contributed by atoms with Crippen LogP contribution in [0.1, 0.15) is 31.7 Å². The van der Waals surface area contributed by atoms with Gasteiger partial charge in [-0.2, -0.15) is 0 Å². The predicted molar refractivity (Wildman–Crippen MR) is 110 cm³/mol. The zero-order chi connectivity index (χ0) is 19.7. The Bertz CT molecular complexity index is 1050. The maximum atomic E-state index is 13.0. The van der Waals surface area contributed by atoms with Crippen molar-refractivity contribution in [2.75, 3.05) is 12.0 Å². The minimum absolute atomic E-state index is 0.162. The number of rotatable bonds is 6. The molecule has 0 aliphatic carbocycles. The zero-order valence-corrected chi connectivity index (χ0v) is 16.4. The highest BCUT2D eigenvalue weighted by molar-refractivity contribution is 6.54. The first-order valence-electron chi connectivity index (χ1n) is 9.56. The van der Waals surface area contributed by atoms with Crippen LogP contribution in [0, 0.1) is 5.92 Å². The van der Waals surface area contributed by atoms with Crippen LogP contribution in [0.25, 0.3) is 11.0 Å². The number of hydrogen-bond donors (Lipinski definition) is 0. The van der Waals surface area contributed by atoms with Crippen molar-refractivity contribution in [1.82, 2.24) is 9.55 Å². The zero-order valence-electron chi connectivity index (χ0n) is 16.4. The van der Waals surface area contributed by atoms with Gasteiger partial charge in [-0.1, -0.05) is 49.3 Å². The number of fused-ring (bicyclic) bond motifs is 2. The molecule has 0 saturated heterocycles. The molecule has 1 aliphatic heterocycles. The fourth-order valence-electron chi connectivity index (χ4n) is 3.62. The molecule has 4 rings (SSSR count). The van der Waals surface area contributed by atoms with Crippen molar-refractivity contribution >= 4 is 28.3 Å². The highest BCUT2D eigenvalue weighted by Crippen LogP contribution is 2.31. The summed E-state index contributed by atoms with van der Waals surface area (Å²) < 4.78 is 2.23. The highest BCUT2D eigenvalue weighted by atomic mass is 16.6. The van der Waals surface area contributed by atoms with Crippen LogP contribution in [0.3, 0.4) is 0 Å². The molecule has 2 aromatic carbocycles. The van der Waals surface area contributed by atoms with E-state index in [1.165, 1.54) is 7.11 Å². The molecular weight excluding hydrogens is 352 g/mol. The van der Waals surface area contributed by atoms with Gasteiger partial charge in [-0.25, -0.2) is 4.98 Å². The molecule has 1 aliphatic rings. The lowest BCUT2D eigenvalue weighted by molar-refractivity contribution is -0.112. The van der Waals surface area contributed by atoms with E-state index in [-0.39, 0.29) is 5.91 Å². The molecule has 0 saturated carbocycles. The number of carbonyl (C=O) groups excluding carboxylic acids is 1. The number of aromatic nitrogens is 2. The number of amides is 1. The van der Waals surface area contributed by atoms with Crippen molar-refractivity contribution in [2.24, 2.45) is 11.1 Å². The van der Waals surface area contributed by atoms with Gasteiger partial charge in [0.2, 0.25) is 0 Å². The Balaban J connectivity index is 1.75. The van der Waals surface area contributed by atoms with E-state index in [0.29, 0.717) is 18.2 Å². The minimum atomic E-state index is -0.162. The third-order valence-electron chi connectivity index (χ3n) is 5.04. The Labute approximate surface area is 164 Å². The summed E-state index contributed by atoms with van der Waals surface area (Å²) in [6.07, 6.45) is 1.05. The summed E-state index contributed by atoms with van der Waals surface area (Å²) in [5, 5.41) is 3.96. The number of hydrogen-bond acceptors (Lipinski definition) is 4. The van der Waals surface area contributed by atoms with Crippen molar-refractivity contribution in [2.45, 2.75) is 33.4 Å². The average Bonchev–Trinajstić information content (AvgIpc) is 3.17. The van der Waals surface area contributed by atoms with E-state index in [1.807, 2.05) is 42.5 Å². The molecule has 6 heteroatoms. The van der Waals surface area contributed by atoms with Crippen LogP contribution in [0.4, 0.5) is 5.69 Å². The third kappa shape index (κ3) is 3.15. The van der Waals surface area contributed by atoms with E-state index in [1.54, 1.807) is 4.90 Å².